The quantitative estimate of drug-likeness (QED) is 0.659. The van der Waals surface area contributed by atoms with Gasteiger partial charge in [0.25, 0.3) is 0 Å². The molecular formula is C11H12F2N2O4. The number of nitrogens with zero attached hydrogens (tertiary/aromatic N) is 2. The van der Waals surface area contributed by atoms with E-state index in [1.807, 2.05) is 0 Å². The standard InChI is InChI=1S/C11H12F2N2O4/c12-7-3-9(13)11(15(17)18)10(4-7)14-1-2-19-6-8(14)5-16/h3-4,8,16H,1-2,5-6H2. The van der Waals surface area contributed by atoms with E-state index in [4.69, 9.17) is 4.74 Å². The van der Waals surface area contributed by atoms with Crippen LogP contribution in [0.4, 0.5) is 20.2 Å². The van der Waals surface area contributed by atoms with Gasteiger partial charge in [0.1, 0.15) is 11.5 Å². The van der Waals surface area contributed by atoms with E-state index in [0.29, 0.717) is 6.07 Å². The van der Waals surface area contributed by atoms with Crippen molar-refractivity contribution in [2.45, 2.75) is 6.04 Å². The summed E-state index contributed by atoms with van der Waals surface area (Å²) in [7, 11) is 0. The van der Waals surface area contributed by atoms with Crippen molar-refractivity contribution < 1.29 is 23.5 Å². The van der Waals surface area contributed by atoms with Gasteiger partial charge in [-0.3, -0.25) is 10.1 Å². The van der Waals surface area contributed by atoms with Crippen LogP contribution >= 0.6 is 0 Å². The van der Waals surface area contributed by atoms with Crippen LogP contribution in [-0.4, -0.2) is 42.4 Å². The summed E-state index contributed by atoms with van der Waals surface area (Å²) in [5.41, 5.74) is -0.966. The molecule has 1 N–H and O–H groups in total. The minimum absolute atomic E-state index is 0.145. The molecule has 0 saturated carbocycles. The topological polar surface area (TPSA) is 75.8 Å². The number of aliphatic hydroxyl groups excluding tert-OH is 1. The summed E-state index contributed by atoms with van der Waals surface area (Å²) in [6, 6.07) is 0.805. The fourth-order valence-electron chi connectivity index (χ4n) is 2.08. The van der Waals surface area contributed by atoms with Crippen LogP contribution < -0.4 is 4.90 Å². The Hall–Kier alpha value is -1.80. The van der Waals surface area contributed by atoms with E-state index >= 15 is 0 Å². The zero-order valence-corrected chi connectivity index (χ0v) is 9.88. The van der Waals surface area contributed by atoms with Crippen molar-refractivity contribution in [2.75, 3.05) is 31.3 Å². The molecule has 0 aliphatic carbocycles. The number of aliphatic hydroxyl groups is 1. The fourth-order valence-corrected chi connectivity index (χ4v) is 2.08. The van der Waals surface area contributed by atoms with Gasteiger partial charge in [-0.2, -0.15) is 4.39 Å². The summed E-state index contributed by atoms with van der Waals surface area (Å²) in [6.45, 7) is 0.307. The average molecular weight is 274 g/mol. The summed E-state index contributed by atoms with van der Waals surface area (Å²) >= 11 is 0. The van der Waals surface area contributed by atoms with Gasteiger partial charge in [-0.05, 0) is 0 Å². The first-order chi connectivity index (χ1) is 9.04. The Labute approximate surface area is 107 Å². The molecule has 0 aromatic heterocycles. The Kier molecular flexibility index (Phi) is 3.91. The van der Waals surface area contributed by atoms with E-state index in [1.54, 1.807) is 0 Å². The zero-order valence-electron chi connectivity index (χ0n) is 9.88. The number of morpholine rings is 1. The highest BCUT2D eigenvalue weighted by molar-refractivity contribution is 5.65. The lowest BCUT2D eigenvalue weighted by Crippen LogP contribution is -2.48. The minimum atomic E-state index is -1.23. The van der Waals surface area contributed by atoms with E-state index in [-0.39, 0.29) is 32.1 Å². The van der Waals surface area contributed by atoms with Crippen molar-refractivity contribution in [3.8, 4) is 0 Å². The number of nitro groups is 1. The number of anilines is 1. The lowest BCUT2D eigenvalue weighted by atomic mass is 10.1. The van der Waals surface area contributed by atoms with Crippen molar-refractivity contribution >= 4 is 11.4 Å². The van der Waals surface area contributed by atoms with E-state index in [0.717, 1.165) is 6.07 Å². The molecule has 2 rings (SSSR count). The van der Waals surface area contributed by atoms with Crippen molar-refractivity contribution in [3.05, 3.63) is 33.9 Å². The molecule has 8 heteroatoms. The van der Waals surface area contributed by atoms with Crippen LogP contribution in [0.25, 0.3) is 0 Å². The third-order valence-corrected chi connectivity index (χ3v) is 2.94. The molecule has 0 spiro atoms. The Morgan fingerprint density at radius 3 is 2.89 bits per heavy atom. The van der Waals surface area contributed by atoms with Crippen LogP contribution in [0.3, 0.4) is 0 Å². The molecule has 19 heavy (non-hydrogen) atoms. The van der Waals surface area contributed by atoms with Gasteiger partial charge in [0.05, 0.1) is 30.8 Å². The molecule has 1 saturated heterocycles. The van der Waals surface area contributed by atoms with Crippen LogP contribution in [0.15, 0.2) is 12.1 Å². The van der Waals surface area contributed by atoms with E-state index in [9.17, 15) is 24.0 Å². The maximum absolute atomic E-state index is 13.5. The van der Waals surface area contributed by atoms with Crippen molar-refractivity contribution in [1.82, 2.24) is 0 Å². The first-order valence-corrected chi connectivity index (χ1v) is 5.63. The van der Waals surface area contributed by atoms with Crippen LogP contribution in [0.2, 0.25) is 0 Å². The van der Waals surface area contributed by atoms with Gasteiger partial charge in [-0.1, -0.05) is 0 Å². The largest absolute Gasteiger partial charge is 0.394 e. The SMILES string of the molecule is O=[N+]([O-])c1c(F)cc(F)cc1N1CCOCC1CO. The summed E-state index contributed by atoms with van der Waals surface area (Å²) in [4.78, 5) is 11.4. The number of ether oxygens (including phenoxy) is 1. The molecule has 1 fully saturated rings. The molecule has 1 unspecified atom stereocenters. The number of halogens is 2. The Bertz CT molecular complexity index is 498. The summed E-state index contributed by atoms with van der Waals surface area (Å²) in [5, 5.41) is 20.1. The number of rotatable bonds is 3. The van der Waals surface area contributed by atoms with Gasteiger partial charge in [0.2, 0.25) is 5.82 Å². The molecule has 1 aromatic carbocycles. The van der Waals surface area contributed by atoms with Gasteiger partial charge in [0, 0.05) is 18.7 Å². The van der Waals surface area contributed by atoms with Gasteiger partial charge >= 0.3 is 5.69 Å². The minimum Gasteiger partial charge on any atom is -0.394 e. The molecular weight excluding hydrogens is 262 g/mol. The maximum atomic E-state index is 13.5. The first kappa shape index (κ1) is 13.6. The molecule has 0 radical (unpaired) electrons. The van der Waals surface area contributed by atoms with Crippen molar-refractivity contribution in [3.63, 3.8) is 0 Å². The first-order valence-electron chi connectivity index (χ1n) is 5.63. The predicted octanol–water partition coefficient (Wildman–Crippen LogP) is 1.07. The summed E-state index contributed by atoms with van der Waals surface area (Å²) < 4.78 is 31.9. The average Bonchev–Trinajstić information content (AvgIpc) is 2.37. The molecule has 6 nitrogen and oxygen atoms in total. The monoisotopic (exact) mass is 274 g/mol. The number of nitro benzene ring substituents is 1. The Balaban J connectivity index is 2.50. The Morgan fingerprint density at radius 2 is 2.26 bits per heavy atom. The van der Waals surface area contributed by atoms with Crippen molar-refractivity contribution in [1.29, 1.82) is 0 Å². The number of hydrogen-bond acceptors (Lipinski definition) is 5. The van der Waals surface area contributed by atoms with Crippen LogP contribution in [-0.2, 0) is 4.74 Å². The number of hydrogen-bond donors (Lipinski definition) is 1. The summed E-state index contributed by atoms with van der Waals surface area (Å²) in [5.74, 6) is -2.13. The second kappa shape index (κ2) is 5.45. The highest BCUT2D eigenvalue weighted by atomic mass is 19.1. The van der Waals surface area contributed by atoms with Crippen LogP contribution in [0.5, 0.6) is 0 Å². The van der Waals surface area contributed by atoms with Crippen LogP contribution in [0.1, 0.15) is 0 Å². The lowest BCUT2D eigenvalue weighted by Gasteiger charge is -2.35. The van der Waals surface area contributed by atoms with Gasteiger partial charge in [0.15, 0.2) is 0 Å². The second-order valence-electron chi connectivity index (χ2n) is 4.12. The van der Waals surface area contributed by atoms with Gasteiger partial charge in [-0.25, -0.2) is 4.39 Å². The fraction of sp³-hybridized carbons (Fsp3) is 0.455. The highest BCUT2D eigenvalue weighted by Crippen LogP contribution is 2.33. The molecule has 1 aliphatic heterocycles. The highest BCUT2D eigenvalue weighted by Gasteiger charge is 2.31. The summed E-state index contributed by atoms with van der Waals surface area (Å²) in [6.07, 6.45) is 0. The predicted molar refractivity (Wildman–Crippen MR) is 62.1 cm³/mol. The molecule has 104 valence electrons. The normalized spacial score (nSPS) is 19.5. The molecule has 1 heterocycles. The molecule has 1 aromatic rings. The van der Waals surface area contributed by atoms with E-state index in [1.165, 1.54) is 4.90 Å². The molecule has 0 bridgehead atoms. The third kappa shape index (κ3) is 2.64. The molecule has 1 aliphatic rings. The smallest absolute Gasteiger partial charge is 0.328 e. The van der Waals surface area contributed by atoms with Gasteiger partial charge < -0.3 is 14.7 Å². The zero-order chi connectivity index (χ0) is 14.0. The Morgan fingerprint density at radius 1 is 1.53 bits per heavy atom. The second-order valence-corrected chi connectivity index (χ2v) is 4.12. The maximum Gasteiger partial charge on any atom is 0.328 e. The van der Waals surface area contributed by atoms with Crippen molar-refractivity contribution in [2.24, 2.45) is 0 Å². The number of benzene rings is 1. The van der Waals surface area contributed by atoms with E-state index in [2.05, 4.69) is 0 Å². The van der Waals surface area contributed by atoms with Crippen LogP contribution in [0, 0.1) is 21.7 Å². The molecule has 1 atom stereocenters. The molecule has 0 amide bonds. The van der Waals surface area contributed by atoms with Gasteiger partial charge in [-0.15, -0.1) is 0 Å². The lowest BCUT2D eigenvalue weighted by molar-refractivity contribution is -0.386. The third-order valence-electron chi connectivity index (χ3n) is 2.94. The van der Waals surface area contributed by atoms with E-state index < -0.39 is 28.3 Å².